The highest BCUT2D eigenvalue weighted by Gasteiger charge is 2.33. The molecule has 0 saturated carbocycles. The van der Waals surface area contributed by atoms with Crippen LogP contribution in [0.2, 0.25) is 0 Å². The third-order valence-electron chi connectivity index (χ3n) is 4.89. The summed E-state index contributed by atoms with van der Waals surface area (Å²) in [5.74, 6) is 0. The molecule has 1 N–H and O–H groups in total. The Labute approximate surface area is 136 Å². The Bertz CT molecular complexity index is 643. The predicted octanol–water partition coefficient (Wildman–Crippen LogP) is 1.38. The summed E-state index contributed by atoms with van der Waals surface area (Å²) in [6.07, 6.45) is 0. The first-order chi connectivity index (χ1) is 11.3. The number of H-pyrrole nitrogens is 1. The summed E-state index contributed by atoms with van der Waals surface area (Å²) >= 11 is 0. The van der Waals surface area contributed by atoms with E-state index in [9.17, 15) is 0 Å². The number of nitrogens with one attached hydrogen (secondary N) is 1. The van der Waals surface area contributed by atoms with Crippen molar-refractivity contribution >= 4 is 0 Å². The average Bonchev–Trinajstić information content (AvgIpc) is 3.04. The molecule has 0 amide bonds. The lowest BCUT2D eigenvalue weighted by Gasteiger charge is -2.46. The van der Waals surface area contributed by atoms with Crippen molar-refractivity contribution in [1.29, 1.82) is 0 Å². The number of rotatable bonds is 3. The lowest BCUT2D eigenvalue weighted by Crippen LogP contribution is -2.60. The fourth-order valence-corrected chi connectivity index (χ4v) is 3.68. The minimum atomic E-state index is 0.500. The van der Waals surface area contributed by atoms with Crippen LogP contribution in [0.3, 0.4) is 0 Å². The van der Waals surface area contributed by atoms with Crippen molar-refractivity contribution in [3.05, 3.63) is 36.0 Å². The lowest BCUT2D eigenvalue weighted by molar-refractivity contribution is -0.0767. The quantitative estimate of drug-likeness (QED) is 0.928. The molecule has 2 aromatic rings. The van der Waals surface area contributed by atoms with Crippen molar-refractivity contribution in [2.45, 2.75) is 25.6 Å². The van der Waals surface area contributed by atoms with Crippen LogP contribution >= 0.6 is 0 Å². The van der Waals surface area contributed by atoms with Gasteiger partial charge in [0.2, 0.25) is 0 Å². The zero-order valence-electron chi connectivity index (χ0n) is 13.5. The van der Waals surface area contributed by atoms with Crippen LogP contribution in [0.4, 0.5) is 0 Å². The fourth-order valence-electron chi connectivity index (χ4n) is 3.68. The number of fused-ring (bicyclic) bond motifs is 1. The van der Waals surface area contributed by atoms with E-state index in [1.807, 2.05) is 18.2 Å². The molecular weight excluding hydrogens is 290 g/mol. The maximum absolute atomic E-state index is 5.73. The SMILES string of the molecule is C[C@H]1COC[C@H]2CN(Cc3n[nH]nc3-c3ccccc3)CCN21. The molecule has 6 heteroatoms. The van der Waals surface area contributed by atoms with Crippen LogP contribution in [-0.4, -0.2) is 70.1 Å². The molecule has 2 saturated heterocycles. The summed E-state index contributed by atoms with van der Waals surface area (Å²) in [4.78, 5) is 5.05. The Hall–Kier alpha value is -1.76. The highest BCUT2D eigenvalue weighted by Crippen LogP contribution is 2.23. The van der Waals surface area contributed by atoms with E-state index in [4.69, 9.17) is 4.74 Å². The zero-order chi connectivity index (χ0) is 15.6. The molecule has 0 bridgehead atoms. The molecule has 122 valence electrons. The Morgan fingerprint density at radius 2 is 2.04 bits per heavy atom. The van der Waals surface area contributed by atoms with Crippen LogP contribution in [0.25, 0.3) is 11.3 Å². The molecule has 0 spiro atoms. The summed E-state index contributed by atoms with van der Waals surface area (Å²) in [5.41, 5.74) is 3.10. The smallest absolute Gasteiger partial charge is 0.117 e. The molecule has 2 aliphatic heterocycles. The van der Waals surface area contributed by atoms with E-state index in [0.717, 1.165) is 56.3 Å². The number of benzene rings is 1. The summed E-state index contributed by atoms with van der Waals surface area (Å²) in [6, 6.07) is 11.3. The molecule has 6 nitrogen and oxygen atoms in total. The zero-order valence-corrected chi connectivity index (χ0v) is 13.5. The monoisotopic (exact) mass is 313 g/mol. The van der Waals surface area contributed by atoms with Gasteiger partial charge in [0, 0.05) is 43.8 Å². The van der Waals surface area contributed by atoms with Crippen molar-refractivity contribution in [2.24, 2.45) is 0 Å². The Morgan fingerprint density at radius 3 is 2.91 bits per heavy atom. The van der Waals surface area contributed by atoms with E-state index in [1.54, 1.807) is 0 Å². The number of morpholine rings is 1. The number of aromatic amines is 1. The molecule has 1 aromatic heterocycles. The maximum atomic E-state index is 5.73. The lowest BCUT2D eigenvalue weighted by atomic mass is 10.1. The largest absolute Gasteiger partial charge is 0.378 e. The third-order valence-corrected chi connectivity index (χ3v) is 4.89. The van der Waals surface area contributed by atoms with Crippen molar-refractivity contribution in [3.8, 4) is 11.3 Å². The number of piperazine rings is 1. The van der Waals surface area contributed by atoms with Crippen LogP contribution in [-0.2, 0) is 11.3 Å². The minimum absolute atomic E-state index is 0.500. The first-order valence-corrected chi connectivity index (χ1v) is 8.32. The molecule has 1 aromatic carbocycles. The molecule has 2 aliphatic rings. The van der Waals surface area contributed by atoms with Gasteiger partial charge in [-0.1, -0.05) is 30.3 Å². The van der Waals surface area contributed by atoms with Gasteiger partial charge in [0.1, 0.15) is 11.4 Å². The standard InChI is InChI=1S/C17H23N5O/c1-13-11-23-12-15-9-21(7-8-22(13)15)10-16-17(19-20-18-16)14-5-3-2-4-6-14/h2-6,13,15H,7-12H2,1H3,(H,18,19,20)/t13-,15+/m0/s1. The molecule has 4 rings (SSSR count). The van der Waals surface area contributed by atoms with E-state index in [0.29, 0.717) is 12.1 Å². The number of nitrogens with zero attached hydrogens (tertiary/aromatic N) is 4. The summed E-state index contributed by atoms with van der Waals surface area (Å²) in [7, 11) is 0. The normalized spacial score (nSPS) is 26.1. The molecule has 2 atom stereocenters. The topological polar surface area (TPSA) is 57.3 Å². The molecule has 23 heavy (non-hydrogen) atoms. The molecule has 0 unspecified atom stereocenters. The van der Waals surface area contributed by atoms with Gasteiger partial charge in [0.05, 0.1) is 13.2 Å². The number of ether oxygens (including phenoxy) is 1. The molecule has 3 heterocycles. The molecule has 0 aliphatic carbocycles. The Kier molecular flexibility index (Phi) is 4.11. The van der Waals surface area contributed by atoms with Crippen molar-refractivity contribution in [2.75, 3.05) is 32.8 Å². The minimum Gasteiger partial charge on any atom is -0.378 e. The van der Waals surface area contributed by atoms with Gasteiger partial charge in [-0.25, -0.2) is 0 Å². The molecular formula is C17H23N5O. The molecule has 2 fully saturated rings. The average molecular weight is 313 g/mol. The fraction of sp³-hybridized carbons (Fsp3) is 0.529. The van der Waals surface area contributed by atoms with Gasteiger partial charge in [-0.3, -0.25) is 9.80 Å². The second-order valence-corrected chi connectivity index (χ2v) is 6.50. The predicted molar refractivity (Wildman–Crippen MR) is 87.9 cm³/mol. The first kappa shape index (κ1) is 14.8. The summed E-state index contributed by atoms with van der Waals surface area (Å²) in [5, 5.41) is 11.5. The molecule has 0 radical (unpaired) electrons. The number of hydrogen-bond donors (Lipinski definition) is 1. The van der Waals surface area contributed by atoms with Gasteiger partial charge in [-0.2, -0.15) is 15.4 Å². The maximum Gasteiger partial charge on any atom is 0.117 e. The van der Waals surface area contributed by atoms with Crippen LogP contribution in [0.15, 0.2) is 30.3 Å². The van der Waals surface area contributed by atoms with Gasteiger partial charge in [-0.05, 0) is 6.92 Å². The van der Waals surface area contributed by atoms with Crippen LogP contribution in [0.1, 0.15) is 12.6 Å². The van der Waals surface area contributed by atoms with E-state index in [-0.39, 0.29) is 0 Å². The van der Waals surface area contributed by atoms with Gasteiger partial charge >= 0.3 is 0 Å². The Balaban J connectivity index is 1.47. The van der Waals surface area contributed by atoms with Crippen molar-refractivity contribution in [1.82, 2.24) is 25.2 Å². The summed E-state index contributed by atoms with van der Waals surface area (Å²) < 4.78 is 5.73. The van der Waals surface area contributed by atoms with Gasteiger partial charge < -0.3 is 4.74 Å². The van der Waals surface area contributed by atoms with Crippen LogP contribution < -0.4 is 0 Å². The van der Waals surface area contributed by atoms with Gasteiger partial charge in [-0.15, -0.1) is 0 Å². The first-order valence-electron chi connectivity index (χ1n) is 8.32. The highest BCUT2D eigenvalue weighted by molar-refractivity contribution is 5.60. The summed E-state index contributed by atoms with van der Waals surface area (Å²) in [6.45, 7) is 8.00. The van der Waals surface area contributed by atoms with E-state index < -0.39 is 0 Å². The van der Waals surface area contributed by atoms with Crippen LogP contribution in [0.5, 0.6) is 0 Å². The van der Waals surface area contributed by atoms with Gasteiger partial charge in [0.15, 0.2) is 0 Å². The second-order valence-electron chi connectivity index (χ2n) is 6.50. The number of hydrogen-bond acceptors (Lipinski definition) is 5. The van der Waals surface area contributed by atoms with E-state index in [2.05, 4.69) is 44.3 Å². The Morgan fingerprint density at radius 1 is 1.17 bits per heavy atom. The van der Waals surface area contributed by atoms with Crippen molar-refractivity contribution < 1.29 is 4.74 Å². The van der Waals surface area contributed by atoms with Gasteiger partial charge in [0.25, 0.3) is 0 Å². The van der Waals surface area contributed by atoms with E-state index >= 15 is 0 Å². The number of aromatic nitrogens is 3. The third kappa shape index (κ3) is 3.02. The van der Waals surface area contributed by atoms with E-state index in [1.165, 1.54) is 0 Å². The van der Waals surface area contributed by atoms with Crippen molar-refractivity contribution in [3.63, 3.8) is 0 Å². The highest BCUT2D eigenvalue weighted by atomic mass is 16.5. The second kappa shape index (κ2) is 6.39. The van der Waals surface area contributed by atoms with Crippen LogP contribution in [0, 0.1) is 0 Å².